The maximum Gasteiger partial charge on any atom is 0.0235 e. The average Bonchev–Trinajstić information content (AvgIpc) is 2.36. The summed E-state index contributed by atoms with van der Waals surface area (Å²) in [6.07, 6.45) is 2.26. The first-order valence-electron chi connectivity index (χ1n) is 6.50. The van der Waals surface area contributed by atoms with Gasteiger partial charge in [-0.15, -0.1) is 11.6 Å². The maximum atomic E-state index is 5.69. The van der Waals surface area contributed by atoms with Crippen LogP contribution in [0.1, 0.15) is 43.7 Å². The van der Waals surface area contributed by atoms with E-state index < -0.39 is 0 Å². The smallest absolute Gasteiger partial charge is 0.0235 e. The SMILES string of the molecule is CCC(C)c1ccc(CN(C)CCCCl)cc1. The lowest BCUT2D eigenvalue weighted by molar-refractivity contribution is 0.328. The summed E-state index contributed by atoms with van der Waals surface area (Å²) in [5, 5.41) is 0. The molecule has 1 aromatic carbocycles. The fourth-order valence-corrected chi connectivity index (χ4v) is 2.03. The molecule has 0 bridgehead atoms. The predicted molar refractivity (Wildman–Crippen MR) is 76.8 cm³/mol. The molecule has 0 aliphatic carbocycles. The number of hydrogen-bond donors (Lipinski definition) is 0. The summed E-state index contributed by atoms with van der Waals surface area (Å²) < 4.78 is 0. The van der Waals surface area contributed by atoms with E-state index in [0.29, 0.717) is 5.92 Å². The highest BCUT2D eigenvalue weighted by Crippen LogP contribution is 2.19. The van der Waals surface area contributed by atoms with Crippen LogP contribution in [0.15, 0.2) is 24.3 Å². The number of alkyl halides is 1. The quantitative estimate of drug-likeness (QED) is 0.657. The second-order valence-electron chi connectivity index (χ2n) is 4.83. The molecule has 96 valence electrons. The lowest BCUT2D eigenvalue weighted by Crippen LogP contribution is -2.19. The van der Waals surface area contributed by atoms with Crippen LogP contribution in [0.4, 0.5) is 0 Å². The minimum absolute atomic E-state index is 0.665. The van der Waals surface area contributed by atoms with E-state index in [9.17, 15) is 0 Å². The third-order valence-electron chi connectivity index (χ3n) is 3.29. The van der Waals surface area contributed by atoms with Crippen LogP contribution in [0.2, 0.25) is 0 Å². The van der Waals surface area contributed by atoms with Crippen molar-refractivity contribution in [3.8, 4) is 0 Å². The van der Waals surface area contributed by atoms with Crippen LogP contribution in [0.3, 0.4) is 0 Å². The van der Waals surface area contributed by atoms with E-state index in [4.69, 9.17) is 11.6 Å². The molecular weight excluding hydrogens is 230 g/mol. The second kappa shape index (κ2) is 7.73. The predicted octanol–water partition coefficient (Wildman–Crippen LogP) is 4.26. The Balaban J connectivity index is 2.50. The molecule has 0 heterocycles. The minimum atomic E-state index is 0.665. The largest absolute Gasteiger partial charge is 0.302 e. The summed E-state index contributed by atoms with van der Waals surface area (Å²) in [6, 6.07) is 9.02. The molecule has 0 spiro atoms. The Morgan fingerprint density at radius 3 is 2.41 bits per heavy atom. The molecule has 1 nitrogen and oxygen atoms in total. The highest BCUT2D eigenvalue weighted by atomic mass is 35.5. The van der Waals surface area contributed by atoms with Crippen LogP contribution in [-0.4, -0.2) is 24.4 Å². The van der Waals surface area contributed by atoms with Gasteiger partial charge in [0.15, 0.2) is 0 Å². The minimum Gasteiger partial charge on any atom is -0.302 e. The van der Waals surface area contributed by atoms with Crippen molar-refractivity contribution in [1.29, 1.82) is 0 Å². The molecule has 1 unspecified atom stereocenters. The van der Waals surface area contributed by atoms with Crippen molar-refractivity contribution in [2.45, 2.75) is 39.2 Å². The third-order valence-corrected chi connectivity index (χ3v) is 3.55. The normalized spacial score (nSPS) is 13.0. The second-order valence-corrected chi connectivity index (χ2v) is 5.21. The van der Waals surface area contributed by atoms with Gasteiger partial charge in [-0.1, -0.05) is 38.1 Å². The Bertz CT molecular complexity index is 307. The van der Waals surface area contributed by atoms with Gasteiger partial charge in [0, 0.05) is 12.4 Å². The Morgan fingerprint density at radius 2 is 1.88 bits per heavy atom. The van der Waals surface area contributed by atoms with Crippen molar-refractivity contribution < 1.29 is 0 Å². The lowest BCUT2D eigenvalue weighted by Gasteiger charge is -2.16. The van der Waals surface area contributed by atoms with Crippen LogP contribution in [0.5, 0.6) is 0 Å². The highest BCUT2D eigenvalue weighted by Gasteiger charge is 2.03. The van der Waals surface area contributed by atoms with E-state index in [-0.39, 0.29) is 0 Å². The monoisotopic (exact) mass is 253 g/mol. The first kappa shape index (κ1) is 14.5. The molecular formula is C15H24ClN. The van der Waals surface area contributed by atoms with Gasteiger partial charge in [-0.3, -0.25) is 0 Å². The summed E-state index contributed by atoms with van der Waals surface area (Å²) in [7, 11) is 2.15. The number of rotatable bonds is 7. The topological polar surface area (TPSA) is 3.24 Å². The van der Waals surface area contributed by atoms with Crippen LogP contribution in [0, 0.1) is 0 Å². The van der Waals surface area contributed by atoms with E-state index in [1.54, 1.807) is 0 Å². The molecule has 0 saturated carbocycles. The Kier molecular flexibility index (Phi) is 6.61. The van der Waals surface area contributed by atoms with Crippen molar-refractivity contribution >= 4 is 11.6 Å². The van der Waals surface area contributed by atoms with Crippen LogP contribution in [-0.2, 0) is 6.54 Å². The molecule has 0 amide bonds. The summed E-state index contributed by atoms with van der Waals surface area (Å²) >= 11 is 5.69. The molecule has 1 aromatic rings. The Hall–Kier alpha value is -0.530. The van der Waals surface area contributed by atoms with Crippen molar-refractivity contribution in [1.82, 2.24) is 4.90 Å². The molecule has 0 fully saturated rings. The summed E-state index contributed by atoms with van der Waals surface area (Å²) in [4.78, 5) is 2.32. The van der Waals surface area contributed by atoms with Crippen molar-refractivity contribution in [3.05, 3.63) is 35.4 Å². The summed E-state index contributed by atoms with van der Waals surface area (Å²) in [5.74, 6) is 1.41. The number of halogens is 1. The van der Waals surface area contributed by atoms with Crippen molar-refractivity contribution in [2.75, 3.05) is 19.5 Å². The zero-order chi connectivity index (χ0) is 12.7. The summed E-state index contributed by atoms with van der Waals surface area (Å²) in [6.45, 7) is 6.59. The zero-order valence-electron chi connectivity index (χ0n) is 11.2. The molecule has 0 N–H and O–H groups in total. The molecule has 2 heteroatoms. The molecule has 0 aromatic heterocycles. The average molecular weight is 254 g/mol. The van der Waals surface area contributed by atoms with Gasteiger partial charge < -0.3 is 4.90 Å². The Morgan fingerprint density at radius 1 is 1.24 bits per heavy atom. The van der Waals surface area contributed by atoms with E-state index >= 15 is 0 Å². The molecule has 0 aliphatic rings. The van der Waals surface area contributed by atoms with Gasteiger partial charge in [0.05, 0.1) is 0 Å². The first-order valence-corrected chi connectivity index (χ1v) is 7.04. The molecule has 1 atom stereocenters. The fourth-order valence-electron chi connectivity index (χ4n) is 1.91. The molecule has 0 saturated heterocycles. The van der Waals surface area contributed by atoms with Gasteiger partial charge in [0.25, 0.3) is 0 Å². The molecule has 1 rings (SSSR count). The van der Waals surface area contributed by atoms with Crippen LogP contribution < -0.4 is 0 Å². The van der Waals surface area contributed by atoms with E-state index in [1.807, 2.05) is 0 Å². The zero-order valence-corrected chi connectivity index (χ0v) is 12.0. The highest BCUT2D eigenvalue weighted by molar-refractivity contribution is 6.17. The van der Waals surface area contributed by atoms with E-state index in [0.717, 1.165) is 25.4 Å². The first-order chi connectivity index (χ1) is 8.17. The molecule has 17 heavy (non-hydrogen) atoms. The maximum absolute atomic E-state index is 5.69. The number of hydrogen-bond acceptors (Lipinski definition) is 1. The van der Waals surface area contributed by atoms with E-state index in [2.05, 4.69) is 50.1 Å². The molecule has 0 aliphatic heterocycles. The van der Waals surface area contributed by atoms with Gasteiger partial charge >= 0.3 is 0 Å². The van der Waals surface area contributed by atoms with Crippen LogP contribution in [0.25, 0.3) is 0 Å². The van der Waals surface area contributed by atoms with Gasteiger partial charge in [0.1, 0.15) is 0 Å². The van der Waals surface area contributed by atoms with Crippen LogP contribution >= 0.6 is 11.6 Å². The van der Waals surface area contributed by atoms with Gasteiger partial charge in [-0.25, -0.2) is 0 Å². The van der Waals surface area contributed by atoms with Gasteiger partial charge in [-0.05, 0) is 43.5 Å². The van der Waals surface area contributed by atoms with Crippen molar-refractivity contribution in [3.63, 3.8) is 0 Å². The number of nitrogens with zero attached hydrogens (tertiary/aromatic N) is 1. The molecule has 0 radical (unpaired) electrons. The standard InChI is InChI=1S/C15H24ClN/c1-4-13(2)15-8-6-14(7-9-15)12-17(3)11-5-10-16/h6-9,13H,4-5,10-12H2,1-3H3. The lowest BCUT2D eigenvalue weighted by atomic mass is 9.97. The van der Waals surface area contributed by atoms with Gasteiger partial charge in [-0.2, -0.15) is 0 Å². The Labute approximate surface area is 111 Å². The third kappa shape index (κ3) is 5.10. The summed E-state index contributed by atoms with van der Waals surface area (Å²) in [5.41, 5.74) is 2.83. The number of benzene rings is 1. The van der Waals surface area contributed by atoms with Gasteiger partial charge in [0.2, 0.25) is 0 Å². The fraction of sp³-hybridized carbons (Fsp3) is 0.600. The van der Waals surface area contributed by atoms with Crippen molar-refractivity contribution in [2.24, 2.45) is 0 Å². The van der Waals surface area contributed by atoms with E-state index in [1.165, 1.54) is 17.5 Å².